The number of carbonyl (C=O) groups excluding carboxylic acids is 1. The van der Waals surface area contributed by atoms with Gasteiger partial charge in [0.05, 0.1) is 4.92 Å². The number of alkyl carbamates (subject to hydrolysis) is 1. The third-order valence-electron chi connectivity index (χ3n) is 3.99. The molecule has 1 aliphatic rings. The lowest BCUT2D eigenvalue weighted by Gasteiger charge is -2.23. The number of thioether (sulfide) groups is 1. The van der Waals surface area contributed by atoms with Crippen molar-refractivity contribution in [2.45, 2.75) is 50.4 Å². The highest BCUT2D eigenvalue weighted by molar-refractivity contribution is 7.97. The number of non-ortho nitro benzene ring substituents is 1. The molecular weight excluding hydrogens is 328 g/mol. The lowest BCUT2D eigenvalue weighted by Crippen LogP contribution is -2.37. The molecule has 0 aliphatic heterocycles. The minimum atomic E-state index is -0.530. The number of nitrogens with zero attached hydrogens (tertiary/aromatic N) is 1. The molecule has 0 aromatic heterocycles. The van der Waals surface area contributed by atoms with Gasteiger partial charge in [-0.05, 0) is 51.0 Å². The van der Waals surface area contributed by atoms with Gasteiger partial charge in [0, 0.05) is 29.8 Å². The number of carbonyl (C=O) groups is 1. The molecule has 1 saturated carbocycles. The lowest BCUT2D eigenvalue weighted by atomic mass is 9.91. The quantitative estimate of drug-likeness (QED) is 0.618. The standard InChI is InChI=1S/C17H24N2O4S/c1-16(2,3)23-15(20)18-11-17(7-8-17)14-6-5-13(19(21)22)9-12(14)10-24-4/h5-6,9H,7-8,10-11H2,1-4H3,(H,18,20). The predicted octanol–water partition coefficient (Wildman–Crippen LogP) is 4.01. The summed E-state index contributed by atoms with van der Waals surface area (Å²) in [4.78, 5) is 22.5. The Labute approximate surface area is 146 Å². The summed E-state index contributed by atoms with van der Waals surface area (Å²) in [5.74, 6) is 0.713. The number of nitrogens with one attached hydrogen (secondary N) is 1. The number of rotatable bonds is 6. The summed E-state index contributed by atoms with van der Waals surface area (Å²) < 4.78 is 5.28. The highest BCUT2D eigenvalue weighted by Crippen LogP contribution is 2.49. The molecule has 0 bridgehead atoms. The van der Waals surface area contributed by atoms with Crippen LogP contribution in [-0.4, -0.2) is 29.4 Å². The van der Waals surface area contributed by atoms with E-state index in [0.29, 0.717) is 12.3 Å². The fraction of sp³-hybridized carbons (Fsp3) is 0.588. The second-order valence-electron chi connectivity index (χ2n) is 7.17. The molecule has 1 amide bonds. The van der Waals surface area contributed by atoms with E-state index in [0.717, 1.165) is 24.0 Å². The van der Waals surface area contributed by atoms with E-state index in [1.165, 1.54) is 0 Å². The van der Waals surface area contributed by atoms with Crippen LogP contribution < -0.4 is 5.32 Å². The highest BCUT2D eigenvalue weighted by Gasteiger charge is 2.46. The van der Waals surface area contributed by atoms with Crippen LogP contribution in [0.2, 0.25) is 0 Å². The lowest BCUT2D eigenvalue weighted by molar-refractivity contribution is -0.384. The Balaban J connectivity index is 2.14. The largest absolute Gasteiger partial charge is 0.444 e. The number of hydrogen-bond acceptors (Lipinski definition) is 5. The summed E-state index contributed by atoms with van der Waals surface area (Å²) in [6.07, 6.45) is 3.47. The first-order valence-electron chi connectivity index (χ1n) is 7.90. The Morgan fingerprint density at radius 2 is 2.08 bits per heavy atom. The Bertz CT molecular complexity index is 636. The molecule has 0 atom stereocenters. The summed E-state index contributed by atoms with van der Waals surface area (Å²) in [7, 11) is 0. The van der Waals surface area contributed by atoms with Crippen LogP contribution >= 0.6 is 11.8 Å². The summed E-state index contributed by atoms with van der Waals surface area (Å²) in [5, 5.41) is 13.9. The number of nitro groups is 1. The van der Waals surface area contributed by atoms with E-state index in [9.17, 15) is 14.9 Å². The molecular formula is C17H24N2O4S. The molecule has 1 aliphatic carbocycles. The fourth-order valence-corrected chi connectivity index (χ4v) is 3.28. The zero-order valence-corrected chi connectivity index (χ0v) is 15.4. The van der Waals surface area contributed by atoms with Crippen molar-refractivity contribution < 1.29 is 14.5 Å². The second-order valence-corrected chi connectivity index (χ2v) is 8.03. The predicted molar refractivity (Wildman–Crippen MR) is 95.5 cm³/mol. The molecule has 0 saturated heterocycles. The van der Waals surface area contributed by atoms with Crippen LogP contribution in [0.4, 0.5) is 10.5 Å². The third-order valence-corrected chi connectivity index (χ3v) is 4.59. The molecule has 0 radical (unpaired) electrons. The van der Waals surface area contributed by atoms with Crippen molar-refractivity contribution in [2.24, 2.45) is 0 Å². The van der Waals surface area contributed by atoms with Crippen LogP contribution in [0.3, 0.4) is 0 Å². The van der Waals surface area contributed by atoms with E-state index in [1.54, 1.807) is 23.9 Å². The summed E-state index contributed by atoms with van der Waals surface area (Å²) in [5.41, 5.74) is 1.52. The van der Waals surface area contributed by atoms with Gasteiger partial charge in [0.2, 0.25) is 0 Å². The van der Waals surface area contributed by atoms with Crippen molar-refractivity contribution in [3.8, 4) is 0 Å². The SMILES string of the molecule is CSCc1cc([N+](=O)[O-])ccc1C1(CNC(=O)OC(C)(C)C)CC1. The first-order valence-corrected chi connectivity index (χ1v) is 9.30. The van der Waals surface area contributed by atoms with Gasteiger partial charge in [-0.2, -0.15) is 11.8 Å². The average molecular weight is 352 g/mol. The molecule has 1 aromatic rings. The summed E-state index contributed by atoms with van der Waals surface area (Å²) in [6, 6.07) is 5.04. The van der Waals surface area contributed by atoms with E-state index in [2.05, 4.69) is 5.32 Å². The maximum Gasteiger partial charge on any atom is 0.407 e. The van der Waals surface area contributed by atoms with Crippen LogP contribution in [0.25, 0.3) is 0 Å². The molecule has 7 heteroatoms. The third kappa shape index (κ3) is 4.63. The van der Waals surface area contributed by atoms with Gasteiger partial charge in [0.25, 0.3) is 5.69 Å². The van der Waals surface area contributed by atoms with E-state index >= 15 is 0 Å². The second kappa shape index (κ2) is 7.01. The molecule has 0 heterocycles. The zero-order chi connectivity index (χ0) is 18.0. The molecule has 0 unspecified atom stereocenters. The normalized spacial score (nSPS) is 15.7. The Morgan fingerprint density at radius 3 is 2.58 bits per heavy atom. The molecule has 2 rings (SSSR count). The van der Waals surface area contributed by atoms with Crippen LogP contribution in [0.5, 0.6) is 0 Å². The van der Waals surface area contributed by atoms with E-state index in [4.69, 9.17) is 4.74 Å². The smallest absolute Gasteiger partial charge is 0.407 e. The van der Waals surface area contributed by atoms with Crippen molar-refractivity contribution >= 4 is 23.5 Å². The molecule has 6 nitrogen and oxygen atoms in total. The van der Waals surface area contributed by atoms with Crippen molar-refractivity contribution in [1.82, 2.24) is 5.32 Å². The number of nitro benzene ring substituents is 1. The van der Waals surface area contributed by atoms with Gasteiger partial charge in [-0.3, -0.25) is 10.1 Å². The molecule has 1 fully saturated rings. The van der Waals surface area contributed by atoms with Gasteiger partial charge in [-0.15, -0.1) is 0 Å². The molecule has 1 N–H and O–H groups in total. The zero-order valence-electron chi connectivity index (χ0n) is 14.5. The topological polar surface area (TPSA) is 81.5 Å². The van der Waals surface area contributed by atoms with Gasteiger partial charge in [0.15, 0.2) is 0 Å². The van der Waals surface area contributed by atoms with E-state index in [-0.39, 0.29) is 16.0 Å². The van der Waals surface area contributed by atoms with Crippen molar-refractivity contribution in [1.29, 1.82) is 0 Å². The maximum absolute atomic E-state index is 11.9. The van der Waals surface area contributed by atoms with Crippen molar-refractivity contribution in [2.75, 3.05) is 12.8 Å². The minimum Gasteiger partial charge on any atom is -0.444 e. The van der Waals surface area contributed by atoms with Crippen LogP contribution in [0, 0.1) is 10.1 Å². The Hall–Kier alpha value is -1.76. The van der Waals surface area contributed by atoms with E-state index in [1.807, 2.05) is 33.1 Å². The van der Waals surface area contributed by atoms with Gasteiger partial charge < -0.3 is 10.1 Å². The molecule has 24 heavy (non-hydrogen) atoms. The Morgan fingerprint density at radius 1 is 1.42 bits per heavy atom. The van der Waals surface area contributed by atoms with E-state index < -0.39 is 11.7 Å². The molecule has 1 aromatic carbocycles. The monoisotopic (exact) mass is 352 g/mol. The highest BCUT2D eigenvalue weighted by atomic mass is 32.2. The van der Waals surface area contributed by atoms with Crippen molar-refractivity contribution in [3.63, 3.8) is 0 Å². The maximum atomic E-state index is 11.9. The summed E-state index contributed by atoms with van der Waals surface area (Å²) >= 11 is 1.63. The number of hydrogen-bond donors (Lipinski definition) is 1. The van der Waals surface area contributed by atoms with Gasteiger partial charge in [-0.1, -0.05) is 6.07 Å². The first-order chi connectivity index (χ1) is 11.2. The van der Waals surface area contributed by atoms with Gasteiger partial charge in [0.1, 0.15) is 5.60 Å². The van der Waals surface area contributed by atoms with Gasteiger partial charge in [-0.25, -0.2) is 4.79 Å². The Kier molecular flexibility index (Phi) is 5.42. The number of amides is 1. The van der Waals surface area contributed by atoms with Gasteiger partial charge >= 0.3 is 6.09 Å². The number of benzene rings is 1. The number of ether oxygens (including phenoxy) is 1. The average Bonchev–Trinajstić information content (AvgIpc) is 3.24. The van der Waals surface area contributed by atoms with Crippen molar-refractivity contribution in [3.05, 3.63) is 39.4 Å². The minimum absolute atomic E-state index is 0.110. The van der Waals surface area contributed by atoms with Crippen LogP contribution in [-0.2, 0) is 15.9 Å². The first kappa shape index (κ1) is 18.6. The fourth-order valence-electron chi connectivity index (χ4n) is 2.73. The van der Waals surface area contributed by atoms with Crippen LogP contribution in [0.15, 0.2) is 18.2 Å². The molecule has 132 valence electrons. The van der Waals surface area contributed by atoms with Crippen LogP contribution in [0.1, 0.15) is 44.7 Å². The molecule has 0 spiro atoms. The summed E-state index contributed by atoms with van der Waals surface area (Å²) in [6.45, 7) is 5.96.